The Hall–Kier alpha value is -0.610. The summed E-state index contributed by atoms with van der Waals surface area (Å²) in [6.45, 7) is 9.03. The number of hydrogen-bond acceptors (Lipinski definition) is 3. The first-order valence-electron chi connectivity index (χ1n) is 8.90. The second-order valence-corrected chi connectivity index (χ2v) is 6.81. The largest absolute Gasteiger partial charge is 0.340 e. The predicted molar refractivity (Wildman–Crippen MR) is 87.1 cm³/mol. The van der Waals surface area contributed by atoms with Gasteiger partial charge >= 0.3 is 0 Å². The van der Waals surface area contributed by atoms with Gasteiger partial charge in [-0.3, -0.25) is 9.69 Å². The maximum absolute atomic E-state index is 12.9. The fourth-order valence-corrected chi connectivity index (χ4v) is 4.23. The van der Waals surface area contributed by atoms with Crippen molar-refractivity contribution < 1.29 is 4.79 Å². The van der Waals surface area contributed by atoms with Crippen molar-refractivity contribution >= 4 is 5.91 Å². The summed E-state index contributed by atoms with van der Waals surface area (Å²) in [5.41, 5.74) is 5.69. The highest BCUT2D eigenvalue weighted by atomic mass is 16.2. The predicted octanol–water partition coefficient (Wildman–Crippen LogP) is 2.23. The lowest BCUT2D eigenvalue weighted by molar-refractivity contribution is -0.144. The molecule has 2 rings (SSSR count). The van der Waals surface area contributed by atoms with Crippen LogP contribution in [0, 0.1) is 5.41 Å². The third-order valence-electron chi connectivity index (χ3n) is 5.78. The van der Waals surface area contributed by atoms with Crippen LogP contribution in [0.5, 0.6) is 0 Å². The number of nitrogens with zero attached hydrogens (tertiary/aromatic N) is 2. The van der Waals surface area contributed by atoms with Gasteiger partial charge < -0.3 is 10.6 Å². The molecule has 0 spiro atoms. The molecule has 1 aliphatic heterocycles. The molecule has 1 saturated heterocycles. The zero-order valence-electron chi connectivity index (χ0n) is 13.9. The molecule has 1 unspecified atom stereocenters. The highest BCUT2D eigenvalue weighted by molar-refractivity contribution is 5.83. The second-order valence-electron chi connectivity index (χ2n) is 6.81. The van der Waals surface area contributed by atoms with Gasteiger partial charge in [0.15, 0.2) is 0 Å². The van der Waals surface area contributed by atoms with Gasteiger partial charge in [0.1, 0.15) is 0 Å². The van der Waals surface area contributed by atoms with E-state index in [9.17, 15) is 4.79 Å². The van der Waals surface area contributed by atoms with E-state index in [1.54, 1.807) is 0 Å². The van der Waals surface area contributed by atoms with Crippen LogP contribution in [-0.2, 0) is 4.79 Å². The smallest absolute Gasteiger partial charge is 0.228 e. The summed E-state index contributed by atoms with van der Waals surface area (Å²) in [5, 5.41) is 0. The molecule has 1 amide bonds. The Morgan fingerprint density at radius 3 is 2.24 bits per heavy atom. The van der Waals surface area contributed by atoms with Gasteiger partial charge in [0.05, 0.1) is 0 Å². The zero-order chi connectivity index (χ0) is 15.3. The number of carbonyl (C=O) groups excluding carboxylic acids is 1. The molecule has 1 atom stereocenters. The van der Waals surface area contributed by atoms with Gasteiger partial charge in [0, 0.05) is 37.6 Å². The normalized spacial score (nSPS) is 24.2. The number of amides is 1. The van der Waals surface area contributed by atoms with Crippen LogP contribution in [0.2, 0.25) is 0 Å². The van der Waals surface area contributed by atoms with Crippen molar-refractivity contribution in [2.45, 2.75) is 64.8 Å². The van der Waals surface area contributed by atoms with Crippen LogP contribution in [0.15, 0.2) is 0 Å². The van der Waals surface area contributed by atoms with Gasteiger partial charge in [-0.25, -0.2) is 0 Å². The molecule has 2 N–H and O–H groups in total. The Morgan fingerprint density at radius 2 is 1.76 bits per heavy atom. The Balaban J connectivity index is 1.90. The summed E-state index contributed by atoms with van der Waals surface area (Å²) in [4.78, 5) is 17.6. The lowest BCUT2D eigenvalue weighted by Gasteiger charge is -2.42. The number of rotatable bonds is 6. The van der Waals surface area contributed by atoms with E-state index >= 15 is 0 Å². The second kappa shape index (κ2) is 7.59. The molecule has 0 radical (unpaired) electrons. The minimum absolute atomic E-state index is 0.0242. The Labute approximate surface area is 130 Å². The molecule has 122 valence electrons. The van der Waals surface area contributed by atoms with Crippen molar-refractivity contribution in [1.29, 1.82) is 0 Å². The first-order chi connectivity index (χ1) is 10.2. The molecule has 21 heavy (non-hydrogen) atoms. The Morgan fingerprint density at radius 1 is 1.14 bits per heavy atom. The molecule has 0 aromatic heterocycles. The first-order valence-corrected chi connectivity index (χ1v) is 8.90. The van der Waals surface area contributed by atoms with Gasteiger partial charge in [-0.2, -0.15) is 0 Å². The van der Waals surface area contributed by atoms with E-state index in [-0.39, 0.29) is 5.41 Å². The molecule has 0 aromatic carbocycles. The van der Waals surface area contributed by atoms with Crippen LogP contribution in [0.25, 0.3) is 0 Å². The van der Waals surface area contributed by atoms with Crippen LogP contribution >= 0.6 is 0 Å². The van der Waals surface area contributed by atoms with Crippen LogP contribution in [0.1, 0.15) is 58.8 Å². The summed E-state index contributed by atoms with van der Waals surface area (Å²) in [7, 11) is 0. The zero-order valence-corrected chi connectivity index (χ0v) is 13.9. The van der Waals surface area contributed by atoms with Gasteiger partial charge in [-0.05, 0) is 38.6 Å². The molecular formula is C17H33N3O. The topological polar surface area (TPSA) is 49.6 Å². The fraction of sp³-hybridized carbons (Fsp3) is 0.941. The summed E-state index contributed by atoms with van der Waals surface area (Å²) < 4.78 is 0. The Kier molecular flexibility index (Phi) is 6.06. The number of nitrogens with two attached hydrogens (primary N) is 1. The van der Waals surface area contributed by atoms with Crippen LogP contribution in [0.3, 0.4) is 0 Å². The van der Waals surface area contributed by atoms with Gasteiger partial charge in [0.25, 0.3) is 0 Å². The molecule has 2 fully saturated rings. The van der Waals surface area contributed by atoms with E-state index in [2.05, 4.69) is 23.6 Å². The van der Waals surface area contributed by atoms with Crippen molar-refractivity contribution in [1.82, 2.24) is 9.80 Å². The molecule has 0 bridgehead atoms. The molecule has 1 heterocycles. The summed E-state index contributed by atoms with van der Waals surface area (Å²) in [6.07, 6.45) is 7.91. The van der Waals surface area contributed by atoms with E-state index < -0.39 is 0 Å². The maximum atomic E-state index is 12.9. The van der Waals surface area contributed by atoms with Gasteiger partial charge in [-0.15, -0.1) is 0 Å². The average molecular weight is 295 g/mol. The number of piperazine rings is 1. The quantitative estimate of drug-likeness (QED) is 0.817. The Bertz CT molecular complexity index is 331. The standard InChI is InChI=1S/C17H33N3O/c1-3-15(7-10-18)19-11-13-20(14-12-19)16(21)17(4-2)8-5-6-9-17/h15H,3-14,18H2,1-2H3. The molecule has 1 saturated carbocycles. The highest BCUT2D eigenvalue weighted by Gasteiger charge is 2.42. The molecule has 2 aliphatic rings. The average Bonchev–Trinajstić information content (AvgIpc) is 3.02. The van der Waals surface area contributed by atoms with Crippen molar-refractivity contribution in [3.63, 3.8) is 0 Å². The monoisotopic (exact) mass is 295 g/mol. The minimum atomic E-state index is -0.0242. The van der Waals surface area contributed by atoms with Crippen molar-refractivity contribution in [2.24, 2.45) is 11.1 Å². The lowest BCUT2D eigenvalue weighted by atomic mass is 9.81. The van der Waals surface area contributed by atoms with Crippen molar-refractivity contribution in [2.75, 3.05) is 32.7 Å². The summed E-state index contributed by atoms with van der Waals surface area (Å²) >= 11 is 0. The third kappa shape index (κ3) is 3.59. The highest BCUT2D eigenvalue weighted by Crippen LogP contribution is 2.42. The van der Waals surface area contributed by atoms with E-state index in [1.807, 2.05) is 0 Å². The molecule has 4 heteroatoms. The fourth-order valence-electron chi connectivity index (χ4n) is 4.23. The lowest BCUT2D eigenvalue weighted by Crippen LogP contribution is -2.55. The van der Waals surface area contributed by atoms with Gasteiger partial charge in [-0.1, -0.05) is 26.7 Å². The SMILES string of the molecule is CCC(CCN)N1CCN(C(=O)C2(CC)CCCC2)CC1. The van der Waals surface area contributed by atoms with E-state index in [1.165, 1.54) is 12.8 Å². The summed E-state index contributed by atoms with van der Waals surface area (Å²) in [5.74, 6) is 0.439. The maximum Gasteiger partial charge on any atom is 0.228 e. The minimum Gasteiger partial charge on any atom is -0.340 e. The van der Waals surface area contributed by atoms with Gasteiger partial charge in [0.2, 0.25) is 5.91 Å². The number of carbonyl (C=O) groups is 1. The molecular weight excluding hydrogens is 262 g/mol. The molecule has 1 aliphatic carbocycles. The number of hydrogen-bond donors (Lipinski definition) is 1. The van der Waals surface area contributed by atoms with Crippen molar-refractivity contribution in [3.8, 4) is 0 Å². The first kappa shape index (κ1) is 16.8. The van der Waals surface area contributed by atoms with Crippen molar-refractivity contribution in [3.05, 3.63) is 0 Å². The van der Waals surface area contributed by atoms with E-state index in [4.69, 9.17) is 5.73 Å². The van der Waals surface area contributed by atoms with E-state index in [0.29, 0.717) is 11.9 Å². The summed E-state index contributed by atoms with van der Waals surface area (Å²) in [6, 6.07) is 0.596. The molecule has 0 aromatic rings. The molecule has 4 nitrogen and oxygen atoms in total. The van der Waals surface area contributed by atoms with E-state index in [0.717, 1.165) is 64.8 Å². The van der Waals surface area contributed by atoms with Crippen LogP contribution < -0.4 is 5.73 Å². The third-order valence-corrected chi connectivity index (χ3v) is 5.78. The van der Waals surface area contributed by atoms with Crippen LogP contribution in [-0.4, -0.2) is 54.5 Å². The van der Waals surface area contributed by atoms with Crippen LogP contribution in [0.4, 0.5) is 0 Å².